The third-order valence-electron chi connectivity index (χ3n) is 7.10. The molecule has 1 aliphatic carbocycles. The quantitative estimate of drug-likeness (QED) is 0.360. The molecular formula is C27H29N. The first-order valence-electron chi connectivity index (χ1n) is 10.6. The van der Waals surface area contributed by atoms with E-state index >= 15 is 0 Å². The van der Waals surface area contributed by atoms with Crippen molar-refractivity contribution in [2.75, 3.05) is 0 Å². The zero-order chi connectivity index (χ0) is 19.5. The van der Waals surface area contributed by atoms with Crippen molar-refractivity contribution in [3.8, 4) is 0 Å². The molecule has 0 unspecified atom stereocenters. The Kier molecular flexibility index (Phi) is 3.91. The number of hydrogen-bond donors (Lipinski definition) is 0. The molecular weight excluding hydrogens is 338 g/mol. The van der Waals surface area contributed by atoms with Crippen molar-refractivity contribution in [3.05, 3.63) is 82.9 Å². The molecule has 0 radical (unpaired) electrons. The van der Waals surface area contributed by atoms with Gasteiger partial charge in [-0.25, -0.2) is 0 Å². The van der Waals surface area contributed by atoms with Crippen LogP contribution in [0.2, 0.25) is 0 Å². The lowest BCUT2D eigenvalue weighted by molar-refractivity contribution is 0.413. The molecule has 1 aromatic heterocycles. The summed E-state index contributed by atoms with van der Waals surface area (Å²) in [5, 5.41) is 2.84. The number of hydrogen-bond acceptors (Lipinski definition) is 0. The molecule has 1 saturated carbocycles. The van der Waals surface area contributed by atoms with Crippen LogP contribution < -0.4 is 0 Å². The van der Waals surface area contributed by atoms with Crippen LogP contribution in [-0.4, -0.2) is 4.57 Å². The van der Waals surface area contributed by atoms with Crippen molar-refractivity contribution in [1.29, 1.82) is 0 Å². The molecule has 3 aromatic carbocycles. The first-order chi connectivity index (χ1) is 13.5. The number of rotatable bonds is 3. The van der Waals surface area contributed by atoms with Gasteiger partial charge in [-0.05, 0) is 60.1 Å². The summed E-state index contributed by atoms with van der Waals surface area (Å²) in [7, 11) is 2.21. The molecule has 1 aliphatic rings. The molecule has 0 bridgehead atoms. The van der Waals surface area contributed by atoms with Gasteiger partial charge in [0.25, 0.3) is 0 Å². The van der Waals surface area contributed by atoms with E-state index in [9.17, 15) is 0 Å². The van der Waals surface area contributed by atoms with Crippen molar-refractivity contribution in [1.82, 2.24) is 4.57 Å². The van der Waals surface area contributed by atoms with Gasteiger partial charge in [-0.2, -0.15) is 0 Å². The fourth-order valence-corrected chi connectivity index (χ4v) is 5.41. The fraction of sp³-hybridized carbons (Fsp3) is 0.333. The molecule has 28 heavy (non-hydrogen) atoms. The highest BCUT2D eigenvalue weighted by molar-refractivity contribution is 6.10. The van der Waals surface area contributed by atoms with Crippen molar-refractivity contribution < 1.29 is 0 Å². The molecule has 1 nitrogen and oxygen atoms in total. The maximum Gasteiger partial charge on any atom is 0.0492 e. The van der Waals surface area contributed by atoms with E-state index in [4.69, 9.17) is 0 Å². The Bertz CT molecular complexity index is 1190. The Morgan fingerprint density at radius 3 is 2.29 bits per heavy atom. The molecule has 0 N–H and O–H groups in total. The number of fused-ring (bicyclic) bond motifs is 3. The molecule has 5 rings (SSSR count). The molecule has 1 fully saturated rings. The maximum absolute atomic E-state index is 2.43. The highest BCUT2D eigenvalue weighted by atomic mass is 14.9. The van der Waals surface area contributed by atoms with E-state index in [0.29, 0.717) is 5.92 Å². The number of nitrogens with zero attached hydrogens (tertiary/aromatic N) is 1. The predicted octanol–water partition coefficient (Wildman–Crippen LogP) is 7.23. The van der Waals surface area contributed by atoms with Crippen LogP contribution in [0, 0.1) is 6.92 Å². The van der Waals surface area contributed by atoms with E-state index in [1.54, 1.807) is 11.1 Å². The van der Waals surface area contributed by atoms with E-state index in [0.717, 1.165) is 0 Å². The standard InChI is InChI=1S/C27H29N/c1-18-10-5-7-14-22(18)27(2,3)26-20(19-11-9-12-19)16-17-24-25(26)21-13-6-8-15-23(21)28(24)4/h5-8,10,13-17,19H,9,11-12H2,1-4H3. The van der Waals surface area contributed by atoms with Gasteiger partial charge in [0.2, 0.25) is 0 Å². The number of benzene rings is 3. The summed E-state index contributed by atoms with van der Waals surface area (Å²) in [6.07, 6.45) is 4.02. The molecule has 1 heterocycles. The topological polar surface area (TPSA) is 4.93 Å². The Hall–Kier alpha value is -2.54. The number of aromatic nitrogens is 1. The maximum atomic E-state index is 2.43. The first-order valence-corrected chi connectivity index (χ1v) is 10.6. The number of para-hydroxylation sites is 1. The Labute approximate surface area is 168 Å². The number of aryl methyl sites for hydroxylation is 2. The largest absolute Gasteiger partial charge is 0.344 e. The predicted molar refractivity (Wildman–Crippen MR) is 120 cm³/mol. The average molecular weight is 368 g/mol. The SMILES string of the molecule is Cc1ccccc1C(C)(C)c1c(C2CCC2)ccc2c1c1ccccc1n2C. The lowest BCUT2D eigenvalue weighted by Gasteiger charge is -2.36. The van der Waals surface area contributed by atoms with Gasteiger partial charge >= 0.3 is 0 Å². The van der Waals surface area contributed by atoms with Gasteiger partial charge in [0.15, 0.2) is 0 Å². The molecule has 4 aromatic rings. The van der Waals surface area contributed by atoms with Gasteiger partial charge in [-0.3, -0.25) is 0 Å². The minimum absolute atomic E-state index is 0.0418. The van der Waals surface area contributed by atoms with Gasteiger partial charge in [0, 0.05) is 34.3 Å². The molecule has 1 heteroatoms. The normalized spacial score (nSPS) is 15.3. The van der Waals surface area contributed by atoms with Crippen LogP contribution in [0.3, 0.4) is 0 Å². The van der Waals surface area contributed by atoms with Crippen LogP contribution in [0.5, 0.6) is 0 Å². The van der Waals surface area contributed by atoms with Gasteiger partial charge < -0.3 is 4.57 Å². The van der Waals surface area contributed by atoms with Crippen LogP contribution in [0.15, 0.2) is 60.7 Å². The summed E-state index contributed by atoms with van der Waals surface area (Å²) >= 11 is 0. The Morgan fingerprint density at radius 1 is 0.857 bits per heavy atom. The smallest absolute Gasteiger partial charge is 0.0492 e. The van der Waals surface area contributed by atoms with Crippen molar-refractivity contribution >= 4 is 21.8 Å². The average Bonchev–Trinajstić information content (AvgIpc) is 2.93. The second-order valence-electron chi connectivity index (χ2n) is 9.07. The van der Waals surface area contributed by atoms with Crippen LogP contribution in [-0.2, 0) is 12.5 Å². The summed E-state index contributed by atoms with van der Waals surface area (Å²) in [6.45, 7) is 7.10. The summed E-state index contributed by atoms with van der Waals surface area (Å²) < 4.78 is 2.37. The highest BCUT2D eigenvalue weighted by Gasteiger charge is 2.34. The summed E-state index contributed by atoms with van der Waals surface area (Å²) in [6, 6.07) is 22.6. The molecule has 0 aliphatic heterocycles. The van der Waals surface area contributed by atoms with Crippen LogP contribution in [0.1, 0.15) is 61.3 Å². The van der Waals surface area contributed by atoms with Gasteiger partial charge in [-0.15, -0.1) is 0 Å². The van der Waals surface area contributed by atoms with Crippen molar-refractivity contribution in [2.45, 2.75) is 51.4 Å². The molecule has 0 saturated heterocycles. The summed E-state index contributed by atoms with van der Waals surface area (Å²) in [5.74, 6) is 0.710. The third-order valence-corrected chi connectivity index (χ3v) is 7.10. The zero-order valence-corrected chi connectivity index (χ0v) is 17.4. The molecule has 142 valence electrons. The van der Waals surface area contributed by atoms with Gasteiger partial charge in [-0.1, -0.05) is 68.8 Å². The second kappa shape index (κ2) is 6.24. The van der Waals surface area contributed by atoms with E-state index in [1.165, 1.54) is 52.2 Å². The first kappa shape index (κ1) is 17.6. The molecule has 0 atom stereocenters. The van der Waals surface area contributed by atoms with E-state index in [1.807, 2.05) is 0 Å². The zero-order valence-electron chi connectivity index (χ0n) is 17.4. The van der Waals surface area contributed by atoms with Crippen LogP contribution in [0.25, 0.3) is 21.8 Å². The van der Waals surface area contributed by atoms with Crippen LogP contribution in [0.4, 0.5) is 0 Å². The highest BCUT2D eigenvalue weighted by Crippen LogP contribution is 2.48. The third kappa shape index (κ3) is 2.38. The van der Waals surface area contributed by atoms with Crippen molar-refractivity contribution in [3.63, 3.8) is 0 Å². The van der Waals surface area contributed by atoms with E-state index in [2.05, 4.69) is 93.0 Å². The lowest BCUT2D eigenvalue weighted by atomic mass is 9.68. The van der Waals surface area contributed by atoms with E-state index in [-0.39, 0.29) is 5.41 Å². The minimum Gasteiger partial charge on any atom is -0.344 e. The molecule has 0 spiro atoms. The van der Waals surface area contributed by atoms with Crippen molar-refractivity contribution in [2.24, 2.45) is 7.05 Å². The van der Waals surface area contributed by atoms with Gasteiger partial charge in [0.05, 0.1) is 0 Å². The minimum atomic E-state index is -0.0418. The molecule has 0 amide bonds. The Morgan fingerprint density at radius 2 is 1.57 bits per heavy atom. The summed E-state index contributed by atoms with van der Waals surface area (Å²) in [5.41, 5.74) is 8.57. The van der Waals surface area contributed by atoms with Gasteiger partial charge in [0.1, 0.15) is 0 Å². The second-order valence-corrected chi connectivity index (χ2v) is 9.07. The fourth-order valence-electron chi connectivity index (χ4n) is 5.41. The van der Waals surface area contributed by atoms with E-state index < -0.39 is 0 Å². The lowest BCUT2D eigenvalue weighted by Crippen LogP contribution is -2.25. The Balaban J connectivity index is 1.92. The van der Waals surface area contributed by atoms with Crippen LogP contribution >= 0.6 is 0 Å². The summed E-state index contributed by atoms with van der Waals surface area (Å²) in [4.78, 5) is 0. The monoisotopic (exact) mass is 367 g/mol.